The van der Waals surface area contributed by atoms with Crippen molar-refractivity contribution in [3.63, 3.8) is 0 Å². The van der Waals surface area contributed by atoms with Gasteiger partial charge in [0, 0.05) is 17.3 Å². The van der Waals surface area contributed by atoms with Gasteiger partial charge in [-0.15, -0.1) is 0 Å². The van der Waals surface area contributed by atoms with Crippen molar-refractivity contribution in [2.75, 3.05) is 35.5 Å². The molecule has 1 amide bonds. The standard InChI is InChI=1S/C27H32N4O3S/c1-19-11-12-20(2)26(17-19)35(33,34)30-23-8-6-7-21(18-23)27(32)29-25-10-5-4-9-24(25)28-22-13-15-31(3)16-14-22/h4-12,17-18,22,28,30H,13-16H2,1-3H3,(H,29,32). The highest BCUT2D eigenvalue weighted by Crippen LogP contribution is 2.26. The molecule has 35 heavy (non-hydrogen) atoms. The molecule has 0 atom stereocenters. The number of hydrogen-bond donors (Lipinski definition) is 3. The first-order chi connectivity index (χ1) is 16.7. The number of aryl methyl sites for hydroxylation is 2. The number of rotatable bonds is 7. The van der Waals surface area contributed by atoms with Gasteiger partial charge in [0.25, 0.3) is 15.9 Å². The van der Waals surface area contributed by atoms with E-state index in [9.17, 15) is 13.2 Å². The second kappa shape index (κ2) is 10.5. The van der Waals surface area contributed by atoms with Gasteiger partial charge in [0.15, 0.2) is 0 Å². The molecule has 3 N–H and O–H groups in total. The van der Waals surface area contributed by atoms with Gasteiger partial charge in [-0.3, -0.25) is 9.52 Å². The van der Waals surface area contributed by atoms with E-state index in [-0.39, 0.29) is 10.8 Å². The molecule has 1 aliphatic heterocycles. The number of anilines is 3. The van der Waals surface area contributed by atoms with Crippen LogP contribution < -0.4 is 15.4 Å². The molecule has 0 spiro atoms. The van der Waals surface area contributed by atoms with Crippen molar-refractivity contribution in [3.8, 4) is 0 Å². The van der Waals surface area contributed by atoms with Crippen molar-refractivity contribution < 1.29 is 13.2 Å². The normalized spacial score (nSPS) is 14.9. The van der Waals surface area contributed by atoms with Crippen molar-refractivity contribution in [2.45, 2.75) is 37.6 Å². The topological polar surface area (TPSA) is 90.5 Å². The zero-order valence-corrected chi connectivity index (χ0v) is 21.2. The van der Waals surface area contributed by atoms with Crippen LogP contribution in [-0.4, -0.2) is 45.4 Å². The number of para-hydroxylation sites is 2. The fourth-order valence-corrected chi connectivity index (χ4v) is 5.60. The van der Waals surface area contributed by atoms with Gasteiger partial charge in [-0.05, 0) is 94.4 Å². The molecule has 0 radical (unpaired) electrons. The van der Waals surface area contributed by atoms with E-state index in [1.54, 1.807) is 43.3 Å². The molecule has 3 aromatic carbocycles. The fourth-order valence-electron chi connectivity index (χ4n) is 4.22. The van der Waals surface area contributed by atoms with Gasteiger partial charge in [-0.2, -0.15) is 0 Å². The fraction of sp³-hybridized carbons (Fsp3) is 0.296. The van der Waals surface area contributed by atoms with Crippen LogP contribution in [0.2, 0.25) is 0 Å². The van der Waals surface area contributed by atoms with Gasteiger partial charge < -0.3 is 15.5 Å². The van der Waals surface area contributed by atoms with E-state index in [2.05, 4.69) is 27.3 Å². The average molecular weight is 493 g/mol. The monoisotopic (exact) mass is 492 g/mol. The predicted molar refractivity (Wildman–Crippen MR) is 142 cm³/mol. The molecule has 0 aliphatic carbocycles. The number of piperidine rings is 1. The number of amides is 1. The maximum Gasteiger partial charge on any atom is 0.262 e. The van der Waals surface area contributed by atoms with Gasteiger partial charge in [-0.25, -0.2) is 8.42 Å². The third kappa shape index (κ3) is 6.21. The second-order valence-electron chi connectivity index (χ2n) is 9.18. The van der Waals surface area contributed by atoms with Gasteiger partial charge in [-0.1, -0.05) is 30.3 Å². The number of nitrogens with one attached hydrogen (secondary N) is 3. The zero-order chi connectivity index (χ0) is 25.0. The number of benzene rings is 3. The first-order valence-electron chi connectivity index (χ1n) is 11.8. The lowest BCUT2D eigenvalue weighted by atomic mass is 10.0. The molecule has 0 aromatic heterocycles. The van der Waals surface area contributed by atoms with Crippen molar-refractivity contribution in [1.29, 1.82) is 0 Å². The highest BCUT2D eigenvalue weighted by molar-refractivity contribution is 7.92. The van der Waals surface area contributed by atoms with Crippen LogP contribution in [0.15, 0.2) is 71.6 Å². The molecule has 1 aliphatic rings. The van der Waals surface area contributed by atoms with Gasteiger partial charge >= 0.3 is 0 Å². The summed E-state index contributed by atoms with van der Waals surface area (Å²) in [4.78, 5) is 15.6. The summed E-state index contributed by atoms with van der Waals surface area (Å²) in [5.74, 6) is -0.310. The van der Waals surface area contributed by atoms with Crippen molar-refractivity contribution >= 4 is 33.0 Å². The highest BCUT2D eigenvalue weighted by Gasteiger charge is 2.20. The largest absolute Gasteiger partial charge is 0.381 e. The molecule has 0 unspecified atom stereocenters. The van der Waals surface area contributed by atoms with E-state index in [0.29, 0.717) is 28.5 Å². The van der Waals surface area contributed by atoms with E-state index in [0.717, 1.165) is 37.2 Å². The molecule has 0 saturated carbocycles. The van der Waals surface area contributed by atoms with Gasteiger partial charge in [0.2, 0.25) is 0 Å². The maximum absolute atomic E-state index is 13.1. The van der Waals surface area contributed by atoms with E-state index in [1.807, 2.05) is 37.3 Å². The highest BCUT2D eigenvalue weighted by atomic mass is 32.2. The number of hydrogen-bond acceptors (Lipinski definition) is 5. The van der Waals surface area contributed by atoms with Gasteiger partial charge in [0.1, 0.15) is 0 Å². The number of likely N-dealkylation sites (tertiary alicyclic amines) is 1. The molecular weight excluding hydrogens is 460 g/mol. The second-order valence-corrected chi connectivity index (χ2v) is 10.8. The summed E-state index contributed by atoms with van der Waals surface area (Å²) < 4.78 is 28.6. The Bertz CT molecular complexity index is 1320. The molecule has 3 aromatic rings. The molecule has 8 heteroatoms. The van der Waals surface area contributed by atoms with Crippen LogP contribution in [0.4, 0.5) is 17.1 Å². The molecule has 1 fully saturated rings. The third-order valence-electron chi connectivity index (χ3n) is 6.26. The lowest BCUT2D eigenvalue weighted by Gasteiger charge is -2.30. The van der Waals surface area contributed by atoms with Crippen molar-refractivity contribution in [3.05, 3.63) is 83.4 Å². The van der Waals surface area contributed by atoms with Crippen LogP contribution in [-0.2, 0) is 10.0 Å². The maximum atomic E-state index is 13.1. The Morgan fingerprint density at radius 3 is 2.37 bits per heavy atom. The van der Waals surface area contributed by atoms with Crippen LogP contribution in [0.25, 0.3) is 0 Å². The molecule has 7 nitrogen and oxygen atoms in total. The Morgan fingerprint density at radius 1 is 0.914 bits per heavy atom. The smallest absolute Gasteiger partial charge is 0.262 e. The number of sulfonamides is 1. The average Bonchev–Trinajstić information content (AvgIpc) is 2.83. The summed E-state index contributed by atoms with van der Waals surface area (Å²) in [5.41, 5.74) is 3.78. The minimum Gasteiger partial charge on any atom is -0.381 e. The molecule has 0 bridgehead atoms. The molecule has 4 rings (SSSR count). The van der Waals surface area contributed by atoms with E-state index < -0.39 is 10.0 Å². The van der Waals surface area contributed by atoms with Crippen LogP contribution in [0.3, 0.4) is 0 Å². The number of carbonyl (C=O) groups is 1. The lowest BCUT2D eigenvalue weighted by molar-refractivity contribution is 0.102. The van der Waals surface area contributed by atoms with Crippen LogP contribution in [0, 0.1) is 13.8 Å². The van der Waals surface area contributed by atoms with Crippen LogP contribution in [0.5, 0.6) is 0 Å². The SMILES string of the molecule is Cc1ccc(C)c(S(=O)(=O)Nc2cccc(C(=O)Nc3ccccc3NC3CCN(C)CC3)c2)c1. The minimum absolute atomic E-state index is 0.223. The summed E-state index contributed by atoms with van der Waals surface area (Å²) in [6.45, 7) is 5.69. The summed E-state index contributed by atoms with van der Waals surface area (Å²) >= 11 is 0. The van der Waals surface area contributed by atoms with E-state index in [1.165, 1.54) is 0 Å². The molecule has 184 valence electrons. The summed E-state index contributed by atoms with van der Waals surface area (Å²) in [5, 5.41) is 6.54. The van der Waals surface area contributed by atoms with Crippen LogP contribution >= 0.6 is 0 Å². The van der Waals surface area contributed by atoms with Crippen LogP contribution in [0.1, 0.15) is 34.3 Å². The Balaban J connectivity index is 1.49. The first-order valence-corrected chi connectivity index (χ1v) is 13.3. The quantitative estimate of drug-likeness (QED) is 0.438. The molecular formula is C27H32N4O3S. The first kappa shape index (κ1) is 24.8. The third-order valence-corrected chi connectivity index (χ3v) is 7.79. The number of carbonyl (C=O) groups excluding carboxylic acids is 1. The Labute approximate surface area is 207 Å². The van der Waals surface area contributed by atoms with Crippen molar-refractivity contribution in [2.24, 2.45) is 0 Å². The molecule has 1 heterocycles. The lowest BCUT2D eigenvalue weighted by Crippen LogP contribution is -2.36. The Kier molecular flexibility index (Phi) is 7.42. The predicted octanol–water partition coefficient (Wildman–Crippen LogP) is 4.86. The van der Waals surface area contributed by atoms with Gasteiger partial charge in [0.05, 0.1) is 16.3 Å². The summed E-state index contributed by atoms with van der Waals surface area (Å²) in [7, 11) is -1.66. The minimum atomic E-state index is -3.79. The van der Waals surface area contributed by atoms with E-state index in [4.69, 9.17) is 0 Å². The summed E-state index contributed by atoms with van der Waals surface area (Å²) in [6.07, 6.45) is 2.09. The Morgan fingerprint density at radius 2 is 1.63 bits per heavy atom. The number of nitrogens with zero attached hydrogens (tertiary/aromatic N) is 1. The zero-order valence-electron chi connectivity index (χ0n) is 20.3. The Hall–Kier alpha value is -3.36. The summed E-state index contributed by atoms with van der Waals surface area (Å²) in [6, 6.07) is 19.8. The molecule has 1 saturated heterocycles. The van der Waals surface area contributed by atoms with E-state index >= 15 is 0 Å². The van der Waals surface area contributed by atoms with Crippen molar-refractivity contribution in [1.82, 2.24) is 4.90 Å².